The molecular formula is C15H15N5O2. The SMILES string of the molecule is O=C(O)C1CCCN(c2cnnc3cnc4[nH]ccc4c23)C1. The first-order valence-corrected chi connectivity index (χ1v) is 7.29. The van der Waals surface area contributed by atoms with Crippen molar-refractivity contribution in [2.45, 2.75) is 12.8 Å². The highest BCUT2D eigenvalue weighted by molar-refractivity contribution is 6.09. The number of H-pyrrole nitrogens is 1. The number of pyridine rings is 1. The van der Waals surface area contributed by atoms with Crippen molar-refractivity contribution in [2.75, 3.05) is 18.0 Å². The summed E-state index contributed by atoms with van der Waals surface area (Å²) in [7, 11) is 0. The molecule has 1 atom stereocenters. The molecule has 0 radical (unpaired) electrons. The van der Waals surface area contributed by atoms with E-state index in [9.17, 15) is 9.90 Å². The molecule has 3 aromatic rings. The summed E-state index contributed by atoms with van der Waals surface area (Å²) in [6.07, 6.45) is 6.85. The first kappa shape index (κ1) is 13.0. The number of carboxylic acids is 1. The van der Waals surface area contributed by atoms with Crippen LogP contribution < -0.4 is 4.90 Å². The number of nitrogens with one attached hydrogen (secondary N) is 1. The number of aliphatic carboxylic acids is 1. The quantitative estimate of drug-likeness (QED) is 0.749. The van der Waals surface area contributed by atoms with Crippen LogP contribution in [0.25, 0.3) is 21.9 Å². The molecule has 0 spiro atoms. The molecule has 0 amide bonds. The van der Waals surface area contributed by atoms with Gasteiger partial charge in [-0.05, 0) is 18.9 Å². The third kappa shape index (κ3) is 1.97. The minimum Gasteiger partial charge on any atom is -0.481 e. The van der Waals surface area contributed by atoms with Gasteiger partial charge < -0.3 is 15.0 Å². The van der Waals surface area contributed by atoms with Crippen LogP contribution in [-0.2, 0) is 4.79 Å². The standard InChI is InChI=1S/C15H15N5O2/c21-15(22)9-2-1-5-20(8-9)12-7-18-19-11-6-17-14-10(13(11)12)3-4-16-14/h3-4,6-7,9H,1-2,5,8H2,(H,16,17)(H,21,22). The predicted octanol–water partition coefficient (Wildman–Crippen LogP) is 1.81. The molecule has 0 bridgehead atoms. The molecule has 0 aliphatic carbocycles. The maximum atomic E-state index is 11.3. The molecule has 0 aromatic carbocycles. The lowest BCUT2D eigenvalue weighted by Gasteiger charge is -2.32. The Morgan fingerprint density at radius 3 is 3.18 bits per heavy atom. The Labute approximate surface area is 126 Å². The van der Waals surface area contributed by atoms with E-state index in [-0.39, 0.29) is 5.92 Å². The van der Waals surface area contributed by atoms with Crippen LogP contribution in [0, 0.1) is 5.92 Å². The molecule has 1 aliphatic rings. The van der Waals surface area contributed by atoms with Crippen molar-refractivity contribution in [2.24, 2.45) is 5.92 Å². The van der Waals surface area contributed by atoms with Crippen molar-refractivity contribution >= 4 is 33.6 Å². The second kappa shape index (κ2) is 4.94. The molecule has 1 unspecified atom stereocenters. The number of carboxylic acid groups (broad SMARTS) is 1. The van der Waals surface area contributed by atoms with Crippen LogP contribution in [0.4, 0.5) is 5.69 Å². The largest absolute Gasteiger partial charge is 0.481 e. The number of rotatable bonds is 2. The fourth-order valence-electron chi connectivity index (χ4n) is 3.19. The van der Waals surface area contributed by atoms with Crippen LogP contribution >= 0.6 is 0 Å². The predicted molar refractivity (Wildman–Crippen MR) is 81.8 cm³/mol. The molecule has 1 fully saturated rings. The number of anilines is 1. The second-order valence-corrected chi connectivity index (χ2v) is 5.61. The fourth-order valence-corrected chi connectivity index (χ4v) is 3.19. The van der Waals surface area contributed by atoms with Crippen molar-refractivity contribution in [3.05, 3.63) is 24.7 Å². The van der Waals surface area contributed by atoms with Crippen LogP contribution in [0.15, 0.2) is 24.7 Å². The van der Waals surface area contributed by atoms with Crippen molar-refractivity contribution in [3.8, 4) is 0 Å². The molecule has 7 nitrogen and oxygen atoms in total. The number of nitrogens with zero attached hydrogens (tertiary/aromatic N) is 4. The lowest BCUT2D eigenvalue weighted by molar-refractivity contribution is -0.141. The van der Waals surface area contributed by atoms with Gasteiger partial charge in [-0.25, -0.2) is 4.98 Å². The molecule has 3 aromatic heterocycles. The van der Waals surface area contributed by atoms with Gasteiger partial charge in [-0.15, -0.1) is 5.10 Å². The van der Waals surface area contributed by atoms with E-state index in [0.29, 0.717) is 6.54 Å². The van der Waals surface area contributed by atoms with Crippen molar-refractivity contribution < 1.29 is 9.90 Å². The van der Waals surface area contributed by atoms with Gasteiger partial charge >= 0.3 is 5.97 Å². The first-order valence-electron chi connectivity index (χ1n) is 7.29. The third-order valence-corrected chi connectivity index (χ3v) is 4.28. The van der Waals surface area contributed by atoms with Crippen LogP contribution in [0.5, 0.6) is 0 Å². The maximum absolute atomic E-state index is 11.3. The highest BCUT2D eigenvalue weighted by Gasteiger charge is 2.27. The highest BCUT2D eigenvalue weighted by atomic mass is 16.4. The Morgan fingerprint density at radius 2 is 2.32 bits per heavy atom. The number of hydrogen-bond donors (Lipinski definition) is 2. The van der Waals surface area contributed by atoms with Crippen LogP contribution in [0.3, 0.4) is 0 Å². The molecule has 7 heteroatoms. The monoisotopic (exact) mass is 297 g/mol. The summed E-state index contributed by atoms with van der Waals surface area (Å²) in [5.41, 5.74) is 2.46. The molecule has 22 heavy (non-hydrogen) atoms. The second-order valence-electron chi connectivity index (χ2n) is 5.61. The minimum atomic E-state index is -0.732. The molecule has 0 saturated carbocycles. The van der Waals surface area contributed by atoms with E-state index in [4.69, 9.17) is 0 Å². The van der Waals surface area contributed by atoms with Crippen molar-refractivity contribution in [1.29, 1.82) is 0 Å². The van der Waals surface area contributed by atoms with Crippen molar-refractivity contribution in [1.82, 2.24) is 20.2 Å². The average Bonchev–Trinajstić information content (AvgIpc) is 3.03. The van der Waals surface area contributed by atoms with Gasteiger partial charge in [0.15, 0.2) is 0 Å². The van der Waals surface area contributed by atoms with E-state index >= 15 is 0 Å². The minimum absolute atomic E-state index is 0.333. The Kier molecular flexibility index (Phi) is 2.92. The first-order chi connectivity index (χ1) is 10.7. The van der Waals surface area contributed by atoms with Crippen LogP contribution in [-0.4, -0.2) is 44.3 Å². The number of fused-ring (bicyclic) bond motifs is 3. The molecule has 112 valence electrons. The van der Waals surface area contributed by atoms with Gasteiger partial charge in [0.05, 0.1) is 24.0 Å². The Hall–Kier alpha value is -2.70. The van der Waals surface area contributed by atoms with Gasteiger partial charge in [-0.1, -0.05) is 0 Å². The summed E-state index contributed by atoms with van der Waals surface area (Å²) in [6.45, 7) is 1.34. The average molecular weight is 297 g/mol. The Balaban J connectivity index is 1.87. The van der Waals surface area contributed by atoms with Gasteiger partial charge in [-0.2, -0.15) is 5.10 Å². The Bertz CT molecular complexity index is 859. The van der Waals surface area contributed by atoms with E-state index in [0.717, 1.165) is 47.0 Å². The van der Waals surface area contributed by atoms with E-state index in [1.165, 1.54) is 0 Å². The number of hydrogen-bond acceptors (Lipinski definition) is 5. The summed E-state index contributed by atoms with van der Waals surface area (Å²) in [4.78, 5) is 20.8. The molecular weight excluding hydrogens is 282 g/mol. The number of carbonyl (C=O) groups is 1. The molecule has 4 heterocycles. The van der Waals surface area contributed by atoms with E-state index in [2.05, 4.69) is 25.1 Å². The van der Waals surface area contributed by atoms with Gasteiger partial charge in [-0.3, -0.25) is 4.79 Å². The Morgan fingerprint density at radius 1 is 1.41 bits per heavy atom. The lowest BCUT2D eigenvalue weighted by atomic mass is 9.97. The number of piperidine rings is 1. The zero-order valence-corrected chi connectivity index (χ0v) is 11.9. The zero-order chi connectivity index (χ0) is 15.1. The summed E-state index contributed by atoms with van der Waals surface area (Å²) in [5.74, 6) is -1.06. The maximum Gasteiger partial charge on any atom is 0.308 e. The van der Waals surface area contributed by atoms with Gasteiger partial charge in [0.2, 0.25) is 0 Å². The molecule has 2 N–H and O–H groups in total. The van der Waals surface area contributed by atoms with Gasteiger partial charge in [0.25, 0.3) is 0 Å². The molecule has 4 rings (SSSR count). The summed E-state index contributed by atoms with van der Waals surface area (Å²) >= 11 is 0. The van der Waals surface area contributed by atoms with Crippen LogP contribution in [0.2, 0.25) is 0 Å². The third-order valence-electron chi connectivity index (χ3n) is 4.28. The van der Waals surface area contributed by atoms with E-state index in [1.54, 1.807) is 12.4 Å². The van der Waals surface area contributed by atoms with E-state index < -0.39 is 5.97 Å². The summed E-state index contributed by atoms with van der Waals surface area (Å²) < 4.78 is 0. The van der Waals surface area contributed by atoms with Gasteiger partial charge in [0.1, 0.15) is 11.2 Å². The number of aromatic amines is 1. The highest BCUT2D eigenvalue weighted by Crippen LogP contribution is 2.32. The topological polar surface area (TPSA) is 95.0 Å². The zero-order valence-electron chi connectivity index (χ0n) is 11.9. The normalized spacial score (nSPS) is 18.9. The number of aromatic nitrogens is 4. The van der Waals surface area contributed by atoms with Crippen LogP contribution in [0.1, 0.15) is 12.8 Å². The summed E-state index contributed by atoms with van der Waals surface area (Å²) in [6, 6.07) is 1.97. The smallest absolute Gasteiger partial charge is 0.308 e. The van der Waals surface area contributed by atoms with Crippen molar-refractivity contribution in [3.63, 3.8) is 0 Å². The molecule has 1 aliphatic heterocycles. The lowest BCUT2D eigenvalue weighted by Crippen LogP contribution is -2.38. The van der Waals surface area contributed by atoms with Gasteiger partial charge in [0, 0.05) is 30.1 Å². The fraction of sp³-hybridized carbons (Fsp3) is 0.333. The van der Waals surface area contributed by atoms with E-state index in [1.807, 2.05) is 12.3 Å². The summed E-state index contributed by atoms with van der Waals surface area (Å²) in [5, 5.41) is 19.5. The molecule has 1 saturated heterocycles.